The van der Waals surface area contributed by atoms with Crippen molar-refractivity contribution in [2.24, 2.45) is 0 Å². The van der Waals surface area contributed by atoms with E-state index in [0.29, 0.717) is 43.8 Å². The number of ether oxygens (including phenoxy) is 2. The molecule has 300 valence electrons. The lowest BCUT2D eigenvalue weighted by molar-refractivity contribution is -0.124. The fraction of sp³-hybridized carbons (Fsp3) is 0.250. The smallest absolute Gasteiger partial charge is 0.315 e. The third-order valence-corrected chi connectivity index (χ3v) is 11.0. The SMILES string of the molecule is COC(CNC(=O)N[C@](C)(Cc1ccc(Br)cc1)C(=O)Nc1cc(Cl)cc(Cl)c1)OC.C[C@@]1(Cc2ccc(Br)cc2)C(=O)N(c2cc(Cl)cc(Cl)c2)c2nccn21. The number of carbonyl (C=O) groups is 3. The Kier molecular flexibility index (Phi) is 15.1. The van der Waals surface area contributed by atoms with E-state index in [-0.39, 0.29) is 18.9 Å². The highest BCUT2D eigenvalue weighted by atomic mass is 79.9. The van der Waals surface area contributed by atoms with E-state index in [4.69, 9.17) is 55.9 Å². The average Bonchev–Trinajstić information content (AvgIpc) is 3.70. The van der Waals surface area contributed by atoms with Gasteiger partial charge in [-0.05, 0) is 85.6 Å². The number of hydrogen-bond donors (Lipinski definition) is 3. The van der Waals surface area contributed by atoms with Crippen LogP contribution >= 0.6 is 78.3 Å². The van der Waals surface area contributed by atoms with E-state index < -0.39 is 29.3 Å². The van der Waals surface area contributed by atoms with E-state index in [2.05, 4.69) is 52.8 Å². The lowest BCUT2D eigenvalue weighted by atomic mass is 9.91. The molecule has 0 radical (unpaired) electrons. The minimum atomic E-state index is -1.29. The predicted octanol–water partition coefficient (Wildman–Crippen LogP) is 10.2. The van der Waals surface area contributed by atoms with Crippen LogP contribution in [0.3, 0.4) is 0 Å². The van der Waals surface area contributed by atoms with Gasteiger partial charge in [0, 0.05) is 74.2 Å². The Bertz CT molecular complexity index is 2180. The molecule has 1 aromatic heterocycles. The van der Waals surface area contributed by atoms with Crippen LogP contribution in [-0.4, -0.2) is 60.0 Å². The Morgan fingerprint density at radius 2 is 1.37 bits per heavy atom. The lowest BCUT2D eigenvalue weighted by Gasteiger charge is -2.30. The van der Waals surface area contributed by atoms with Gasteiger partial charge in [-0.1, -0.05) is 103 Å². The largest absolute Gasteiger partial charge is 0.354 e. The number of imidazole rings is 1. The summed E-state index contributed by atoms with van der Waals surface area (Å²) in [5, 5.41) is 9.89. The summed E-state index contributed by atoms with van der Waals surface area (Å²) < 4.78 is 13.9. The molecular weight excluding hydrogens is 946 g/mol. The van der Waals surface area contributed by atoms with E-state index in [1.54, 1.807) is 54.4 Å². The van der Waals surface area contributed by atoms with Gasteiger partial charge in [-0.25, -0.2) is 14.7 Å². The molecule has 5 aromatic rings. The van der Waals surface area contributed by atoms with Crippen LogP contribution < -0.4 is 20.9 Å². The zero-order valence-corrected chi connectivity index (χ0v) is 37.3. The van der Waals surface area contributed by atoms with Crippen LogP contribution in [0.5, 0.6) is 0 Å². The van der Waals surface area contributed by atoms with E-state index in [1.165, 1.54) is 14.2 Å². The standard InChI is InChI=1S/C21H24BrCl2N3O4.C19H14BrCl2N3O/c1-21(11-13-4-6-14(22)7-5-13,27-20(29)25-12-18(30-2)31-3)19(28)26-17-9-15(23)8-16(24)10-17;1-19(11-12-2-4-13(20)5-3-12)17(26)25(18-23-6-7-24(18)19)16-9-14(21)8-15(22)10-16/h4-10,18H,11-12H2,1-3H3,(H,26,28)(H2,25,27,29);2-10H,11H2,1H3/t21-;19-/m11/s1. The van der Waals surface area contributed by atoms with Gasteiger partial charge in [0.1, 0.15) is 11.1 Å². The maximum atomic E-state index is 13.4. The van der Waals surface area contributed by atoms with Crippen LogP contribution in [0.2, 0.25) is 20.1 Å². The van der Waals surface area contributed by atoms with E-state index >= 15 is 0 Å². The number of carbonyl (C=O) groups excluding carboxylic acids is 3. The molecule has 1 aliphatic rings. The van der Waals surface area contributed by atoms with Gasteiger partial charge in [-0.15, -0.1) is 0 Å². The van der Waals surface area contributed by atoms with Gasteiger partial charge in [-0.3, -0.25) is 9.59 Å². The number of urea groups is 1. The zero-order chi connectivity index (χ0) is 41.5. The number of nitrogens with one attached hydrogen (secondary N) is 3. The van der Waals surface area contributed by atoms with Crippen LogP contribution in [0.1, 0.15) is 25.0 Å². The van der Waals surface area contributed by atoms with Crippen molar-refractivity contribution in [2.75, 3.05) is 31.0 Å². The number of hydrogen-bond acceptors (Lipinski definition) is 6. The minimum Gasteiger partial charge on any atom is -0.354 e. The Morgan fingerprint density at radius 1 is 0.842 bits per heavy atom. The van der Waals surface area contributed by atoms with Gasteiger partial charge in [0.15, 0.2) is 6.29 Å². The molecule has 0 bridgehead atoms. The fourth-order valence-electron chi connectivity index (χ4n) is 6.16. The Balaban J connectivity index is 0.000000220. The van der Waals surface area contributed by atoms with Gasteiger partial charge in [-0.2, -0.15) is 0 Å². The van der Waals surface area contributed by atoms with Crippen LogP contribution in [0.15, 0.2) is 106 Å². The molecule has 0 spiro atoms. The van der Waals surface area contributed by atoms with Crippen molar-refractivity contribution in [1.82, 2.24) is 20.2 Å². The average molecular weight is 984 g/mol. The van der Waals surface area contributed by atoms with Gasteiger partial charge in [0.25, 0.3) is 5.91 Å². The summed E-state index contributed by atoms with van der Waals surface area (Å²) in [5.74, 6) is 0.0636. The molecule has 6 rings (SSSR count). The Labute approximate surface area is 367 Å². The maximum Gasteiger partial charge on any atom is 0.315 e. The van der Waals surface area contributed by atoms with Crippen molar-refractivity contribution in [3.63, 3.8) is 0 Å². The molecule has 0 fully saturated rings. The predicted molar refractivity (Wildman–Crippen MR) is 233 cm³/mol. The van der Waals surface area contributed by atoms with Gasteiger partial charge in [0.05, 0.1) is 12.2 Å². The van der Waals surface area contributed by atoms with Gasteiger partial charge < -0.3 is 30.0 Å². The molecule has 17 heteroatoms. The molecule has 11 nitrogen and oxygen atoms in total. The van der Waals surface area contributed by atoms with Crippen molar-refractivity contribution in [1.29, 1.82) is 0 Å². The zero-order valence-electron chi connectivity index (χ0n) is 31.1. The first-order chi connectivity index (χ1) is 27.0. The number of amides is 4. The van der Waals surface area contributed by atoms with Crippen molar-refractivity contribution >= 4 is 113 Å². The van der Waals surface area contributed by atoms with Crippen molar-refractivity contribution in [2.45, 2.75) is 44.1 Å². The molecule has 0 aliphatic carbocycles. The van der Waals surface area contributed by atoms with Crippen LogP contribution in [0.25, 0.3) is 0 Å². The quantitative estimate of drug-likeness (QED) is 0.107. The number of aromatic nitrogens is 2. The van der Waals surface area contributed by atoms with E-state index in [1.807, 2.05) is 66.2 Å². The van der Waals surface area contributed by atoms with E-state index in [0.717, 1.165) is 20.1 Å². The van der Waals surface area contributed by atoms with Crippen LogP contribution in [0, 0.1) is 0 Å². The molecule has 0 saturated carbocycles. The van der Waals surface area contributed by atoms with Crippen LogP contribution in [-0.2, 0) is 37.4 Å². The molecule has 57 heavy (non-hydrogen) atoms. The van der Waals surface area contributed by atoms with Gasteiger partial charge in [0.2, 0.25) is 11.9 Å². The number of nitrogens with zero attached hydrogens (tertiary/aromatic N) is 3. The summed E-state index contributed by atoms with van der Waals surface area (Å²) in [6.45, 7) is 3.67. The molecule has 3 N–H and O–H groups in total. The summed E-state index contributed by atoms with van der Waals surface area (Å²) in [6, 6.07) is 24.7. The minimum absolute atomic E-state index is 0.0677. The monoisotopic (exact) mass is 980 g/mol. The first-order valence-corrected chi connectivity index (χ1v) is 20.4. The summed E-state index contributed by atoms with van der Waals surface area (Å²) >= 11 is 31.2. The van der Waals surface area contributed by atoms with Crippen molar-refractivity contribution in [3.05, 3.63) is 137 Å². The molecule has 2 atom stereocenters. The molecular formula is C40H38Br2Cl4N6O5. The third kappa shape index (κ3) is 11.3. The highest BCUT2D eigenvalue weighted by molar-refractivity contribution is 9.10. The normalized spacial score (nSPS) is 15.7. The highest BCUT2D eigenvalue weighted by Crippen LogP contribution is 2.42. The molecule has 0 unspecified atom stereocenters. The van der Waals surface area contributed by atoms with Crippen LogP contribution in [0.4, 0.5) is 22.1 Å². The number of fused-ring (bicyclic) bond motifs is 1. The molecule has 2 heterocycles. The first-order valence-electron chi connectivity index (χ1n) is 17.3. The molecule has 1 aliphatic heterocycles. The Morgan fingerprint density at radius 3 is 1.91 bits per heavy atom. The molecule has 4 amide bonds. The second-order valence-corrected chi connectivity index (χ2v) is 17.0. The molecule has 0 saturated heterocycles. The second-order valence-electron chi connectivity index (χ2n) is 13.4. The summed E-state index contributed by atoms with van der Waals surface area (Å²) in [7, 11) is 2.93. The maximum absolute atomic E-state index is 13.4. The summed E-state index contributed by atoms with van der Waals surface area (Å²) in [5.41, 5.74) is 0.883. The summed E-state index contributed by atoms with van der Waals surface area (Å²) in [6.07, 6.45) is 3.71. The van der Waals surface area contributed by atoms with Crippen molar-refractivity contribution < 1.29 is 23.9 Å². The van der Waals surface area contributed by atoms with Crippen molar-refractivity contribution in [3.8, 4) is 0 Å². The molecule has 4 aromatic carbocycles. The topological polar surface area (TPSA) is 127 Å². The number of methoxy groups -OCH3 is 2. The summed E-state index contributed by atoms with van der Waals surface area (Å²) in [4.78, 5) is 45.1. The second kappa shape index (κ2) is 19.4. The first kappa shape index (κ1) is 44.4. The third-order valence-electron chi connectivity index (χ3n) is 9.02. The van der Waals surface area contributed by atoms with E-state index in [9.17, 15) is 14.4 Å². The number of halogens is 6. The fourth-order valence-corrected chi connectivity index (χ4v) is 7.73. The van der Waals surface area contributed by atoms with Gasteiger partial charge >= 0.3 is 6.03 Å². The Hall–Kier alpha value is -3.66. The lowest BCUT2D eigenvalue weighted by Crippen LogP contribution is -2.59. The number of benzene rings is 4. The number of anilines is 3. The number of rotatable bonds is 12. The highest BCUT2D eigenvalue weighted by Gasteiger charge is 2.48.